The second-order valence-electron chi connectivity index (χ2n) is 5.08. The Labute approximate surface area is 129 Å². The number of carbonyl (C=O) groups excluding carboxylic acids is 3. The Morgan fingerprint density at radius 2 is 1.77 bits per heavy atom. The molecule has 22 heavy (non-hydrogen) atoms. The minimum Gasteiger partial charge on any atom is -0.463 e. The highest BCUT2D eigenvalue weighted by atomic mass is 16.6. The lowest BCUT2D eigenvalue weighted by molar-refractivity contribution is -0.214. The zero-order valence-corrected chi connectivity index (χ0v) is 13.1. The van der Waals surface area contributed by atoms with E-state index in [9.17, 15) is 14.4 Å². The fraction of sp³-hybridized carbons (Fsp3) is 0.667. The summed E-state index contributed by atoms with van der Waals surface area (Å²) in [6, 6.07) is 0. The molecule has 0 radical (unpaired) electrons. The predicted octanol–water partition coefficient (Wildman–Crippen LogP) is 1.15. The van der Waals surface area contributed by atoms with Crippen molar-refractivity contribution >= 4 is 17.9 Å². The second-order valence-corrected chi connectivity index (χ2v) is 5.08. The van der Waals surface area contributed by atoms with Gasteiger partial charge in [-0.15, -0.1) is 6.58 Å². The molecule has 7 heteroatoms. The quantitative estimate of drug-likeness (QED) is 0.413. The largest absolute Gasteiger partial charge is 0.463 e. The van der Waals surface area contributed by atoms with Gasteiger partial charge in [-0.1, -0.05) is 6.08 Å². The van der Waals surface area contributed by atoms with Crippen LogP contribution in [0, 0.1) is 0 Å². The van der Waals surface area contributed by atoms with Gasteiger partial charge in [0.15, 0.2) is 6.10 Å². The number of esters is 3. The molecule has 0 aliphatic carbocycles. The predicted molar refractivity (Wildman–Crippen MR) is 75.8 cm³/mol. The van der Waals surface area contributed by atoms with Gasteiger partial charge < -0.3 is 18.9 Å². The number of rotatable bonds is 6. The molecule has 0 bridgehead atoms. The van der Waals surface area contributed by atoms with Gasteiger partial charge in [-0.05, 0) is 6.42 Å². The van der Waals surface area contributed by atoms with Crippen molar-refractivity contribution in [1.29, 1.82) is 0 Å². The zero-order valence-electron chi connectivity index (χ0n) is 13.1. The van der Waals surface area contributed by atoms with Crippen molar-refractivity contribution in [2.45, 2.75) is 58.0 Å². The van der Waals surface area contributed by atoms with Crippen LogP contribution in [0.3, 0.4) is 0 Å². The van der Waals surface area contributed by atoms with Crippen molar-refractivity contribution in [2.24, 2.45) is 0 Å². The lowest BCUT2D eigenvalue weighted by atomic mass is 9.96. The summed E-state index contributed by atoms with van der Waals surface area (Å²) in [4.78, 5) is 33.6. The summed E-state index contributed by atoms with van der Waals surface area (Å²) in [5.41, 5.74) is 0. The van der Waals surface area contributed by atoms with Crippen LogP contribution < -0.4 is 0 Å². The molecule has 1 fully saturated rings. The Bertz CT molecular complexity index is 432. The third-order valence-electron chi connectivity index (χ3n) is 3.10. The molecular formula is C15H22O7. The fourth-order valence-electron chi connectivity index (χ4n) is 2.36. The summed E-state index contributed by atoms with van der Waals surface area (Å²) in [6.45, 7) is 7.37. The van der Waals surface area contributed by atoms with Crippen molar-refractivity contribution in [2.75, 3.05) is 6.61 Å². The van der Waals surface area contributed by atoms with E-state index in [0.717, 1.165) is 0 Å². The standard InChI is InChI=1S/C15H22O7/c1-5-6-12-7-13(20-10(3)17)15(21-11(4)18)14(22-12)8-19-9(2)16/h5,12-15H,1,6-8H2,2-4H3. The lowest BCUT2D eigenvalue weighted by Gasteiger charge is -2.40. The molecule has 0 saturated carbocycles. The summed E-state index contributed by atoms with van der Waals surface area (Å²) in [5.74, 6) is -1.48. The molecule has 7 nitrogen and oxygen atoms in total. The van der Waals surface area contributed by atoms with Crippen LogP contribution in [0.4, 0.5) is 0 Å². The molecule has 1 rings (SSSR count). The van der Waals surface area contributed by atoms with Gasteiger partial charge in [0.25, 0.3) is 0 Å². The zero-order chi connectivity index (χ0) is 16.7. The molecule has 4 unspecified atom stereocenters. The first-order valence-electron chi connectivity index (χ1n) is 7.07. The monoisotopic (exact) mass is 314 g/mol. The molecule has 0 spiro atoms. The second kappa shape index (κ2) is 8.53. The topological polar surface area (TPSA) is 88.1 Å². The van der Waals surface area contributed by atoms with Crippen molar-refractivity contribution in [3.8, 4) is 0 Å². The van der Waals surface area contributed by atoms with Crippen molar-refractivity contribution in [1.82, 2.24) is 0 Å². The van der Waals surface area contributed by atoms with E-state index in [-0.39, 0.29) is 12.7 Å². The van der Waals surface area contributed by atoms with Gasteiger partial charge in [0.1, 0.15) is 18.8 Å². The van der Waals surface area contributed by atoms with Gasteiger partial charge in [-0.2, -0.15) is 0 Å². The maximum absolute atomic E-state index is 11.3. The molecule has 0 aromatic heterocycles. The highest BCUT2D eigenvalue weighted by Crippen LogP contribution is 2.28. The Hall–Kier alpha value is -1.89. The van der Waals surface area contributed by atoms with E-state index in [2.05, 4.69) is 6.58 Å². The highest BCUT2D eigenvalue weighted by molar-refractivity contribution is 5.67. The maximum Gasteiger partial charge on any atom is 0.303 e. The number of ether oxygens (including phenoxy) is 4. The highest BCUT2D eigenvalue weighted by Gasteiger charge is 2.43. The Balaban J connectivity index is 2.91. The Kier molecular flexibility index (Phi) is 7.04. The van der Waals surface area contributed by atoms with Crippen LogP contribution in [0.5, 0.6) is 0 Å². The van der Waals surface area contributed by atoms with Crippen LogP contribution in [-0.4, -0.2) is 48.9 Å². The summed E-state index contributed by atoms with van der Waals surface area (Å²) in [5, 5.41) is 0. The van der Waals surface area contributed by atoms with Gasteiger partial charge in [0, 0.05) is 27.2 Å². The Morgan fingerprint density at radius 3 is 2.27 bits per heavy atom. The maximum atomic E-state index is 11.3. The SMILES string of the molecule is C=CCC1CC(OC(C)=O)C(OC(C)=O)C(COC(C)=O)O1. The summed E-state index contributed by atoms with van der Waals surface area (Å²) in [6.07, 6.45) is 0.179. The van der Waals surface area contributed by atoms with Gasteiger partial charge in [0.2, 0.25) is 0 Å². The smallest absolute Gasteiger partial charge is 0.303 e. The minimum atomic E-state index is -0.818. The van der Waals surface area contributed by atoms with Crippen molar-refractivity contribution in [3.63, 3.8) is 0 Å². The molecule has 1 saturated heterocycles. The van der Waals surface area contributed by atoms with Gasteiger partial charge in [-0.3, -0.25) is 14.4 Å². The van der Waals surface area contributed by atoms with E-state index >= 15 is 0 Å². The molecule has 0 N–H and O–H groups in total. The third-order valence-corrected chi connectivity index (χ3v) is 3.10. The molecular weight excluding hydrogens is 292 g/mol. The lowest BCUT2D eigenvalue weighted by Crippen LogP contribution is -2.53. The molecule has 1 aliphatic rings. The van der Waals surface area contributed by atoms with Crippen LogP contribution >= 0.6 is 0 Å². The van der Waals surface area contributed by atoms with E-state index < -0.39 is 36.2 Å². The van der Waals surface area contributed by atoms with E-state index in [4.69, 9.17) is 18.9 Å². The van der Waals surface area contributed by atoms with E-state index in [1.165, 1.54) is 20.8 Å². The first-order chi connectivity index (χ1) is 10.3. The molecule has 0 aromatic rings. The third kappa shape index (κ3) is 5.85. The summed E-state index contributed by atoms with van der Waals surface area (Å²) in [7, 11) is 0. The van der Waals surface area contributed by atoms with Crippen LogP contribution in [0.25, 0.3) is 0 Å². The Morgan fingerprint density at radius 1 is 1.14 bits per heavy atom. The molecule has 0 amide bonds. The number of hydrogen-bond donors (Lipinski definition) is 0. The van der Waals surface area contributed by atoms with Crippen molar-refractivity contribution < 1.29 is 33.3 Å². The molecule has 1 aliphatic heterocycles. The number of carbonyl (C=O) groups is 3. The molecule has 0 aromatic carbocycles. The minimum absolute atomic E-state index is 0.0846. The molecule has 1 heterocycles. The van der Waals surface area contributed by atoms with E-state index in [0.29, 0.717) is 12.8 Å². The van der Waals surface area contributed by atoms with Gasteiger partial charge >= 0.3 is 17.9 Å². The van der Waals surface area contributed by atoms with E-state index in [1.54, 1.807) is 6.08 Å². The fourth-order valence-corrected chi connectivity index (χ4v) is 2.36. The van der Waals surface area contributed by atoms with Gasteiger partial charge in [0.05, 0.1) is 6.10 Å². The van der Waals surface area contributed by atoms with Crippen LogP contribution in [-0.2, 0) is 33.3 Å². The van der Waals surface area contributed by atoms with E-state index in [1.807, 2.05) is 0 Å². The van der Waals surface area contributed by atoms with Gasteiger partial charge in [-0.25, -0.2) is 0 Å². The summed E-state index contributed by atoms with van der Waals surface area (Å²) >= 11 is 0. The number of hydrogen-bond acceptors (Lipinski definition) is 7. The van der Waals surface area contributed by atoms with Crippen LogP contribution in [0.2, 0.25) is 0 Å². The van der Waals surface area contributed by atoms with Crippen LogP contribution in [0.1, 0.15) is 33.6 Å². The molecule has 124 valence electrons. The first-order valence-corrected chi connectivity index (χ1v) is 7.07. The average Bonchev–Trinajstić information content (AvgIpc) is 2.38. The first kappa shape index (κ1) is 18.2. The van der Waals surface area contributed by atoms with Crippen LogP contribution in [0.15, 0.2) is 12.7 Å². The van der Waals surface area contributed by atoms with Crippen molar-refractivity contribution in [3.05, 3.63) is 12.7 Å². The normalized spacial score (nSPS) is 27.6. The summed E-state index contributed by atoms with van der Waals surface area (Å²) < 4.78 is 21.2. The average molecular weight is 314 g/mol. The molecule has 4 atom stereocenters.